The highest BCUT2D eigenvalue weighted by Crippen LogP contribution is 2.40. The van der Waals surface area contributed by atoms with Crippen LogP contribution in [0.15, 0.2) is 0 Å². The molecule has 6 heteroatoms. The minimum atomic E-state index is -0.671. The van der Waals surface area contributed by atoms with E-state index >= 15 is 0 Å². The fourth-order valence-electron chi connectivity index (χ4n) is 4.69. The number of carbonyl (C=O) groups is 2. The number of carbonyl (C=O) groups excluding carboxylic acids is 2. The summed E-state index contributed by atoms with van der Waals surface area (Å²) in [4.78, 5) is 26.3. The third-order valence-electron chi connectivity index (χ3n) is 6.14. The number of hydrogen-bond acceptors (Lipinski definition) is 6. The van der Waals surface area contributed by atoms with E-state index in [0.29, 0.717) is 12.1 Å². The number of esters is 1. The summed E-state index contributed by atoms with van der Waals surface area (Å²) >= 11 is 0. The van der Waals surface area contributed by atoms with Crippen molar-refractivity contribution in [3.05, 3.63) is 0 Å². The molecule has 2 aliphatic heterocycles. The van der Waals surface area contributed by atoms with Crippen LogP contribution in [-0.4, -0.2) is 56.0 Å². The average molecular weight is 339 g/mol. The van der Waals surface area contributed by atoms with Gasteiger partial charge < -0.3 is 14.2 Å². The van der Waals surface area contributed by atoms with Gasteiger partial charge in [-0.3, -0.25) is 9.69 Å². The second-order valence-corrected chi connectivity index (χ2v) is 7.44. The summed E-state index contributed by atoms with van der Waals surface area (Å²) in [6, 6.07) is 0.770. The molecular formula is C18H29NO5. The van der Waals surface area contributed by atoms with Crippen LogP contribution >= 0.6 is 0 Å². The predicted molar refractivity (Wildman–Crippen MR) is 87.5 cm³/mol. The predicted octanol–water partition coefficient (Wildman–Crippen LogP) is 2.74. The molecule has 0 N–H and O–H groups in total. The molecule has 24 heavy (non-hydrogen) atoms. The summed E-state index contributed by atoms with van der Waals surface area (Å²) in [5, 5.41) is 0. The standard InChI is InChI=1S/C18H29NO5/c1-19-13-8-9-15(19)14(11-23-18(21)22-2)16(10-13)24-17(20)12-6-4-3-5-7-12/h12-16H,3-11H2,1-2H3/t13-,14?,15?,16+/m1/s1. The zero-order valence-corrected chi connectivity index (χ0v) is 14.7. The van der Waals surface area contributed by atoms with Crippen LogP contribution in [0.4, 0.5) is 4.79 Å². The number of hydrogen-bond donors (Lipinski definition) is 0. The molecule has 2 heterocycles. The van der Waals surface area contributed by atoms with Crippen LogP contribution in [0.5, 0.6) is 0 Å². The highest BCUT2D eigenvalue weighted by Gasteiger charge is 2.48. The van der Waals surface area contributed by atoms with E-state index in [0.717, 1.165) is 44.9 Å². The maximum absolute atomic E-state index is 12.6. The summed E-state index contributed by atoms with van der Waals surface area (Å²) < 4.78 is 15.7. The van der Waals surface area contributed by atoms with E-state index in [9.17, 15) is 9.59 Å². The van der Waals surface area contributed by atoms with Gasteiger partial charge in [-0.1, -0.05) is 19.3 Å². The van der Waals surface area contributed by atoms with Gasteiger partial charge in [-0.25, -0.2) is 4.79 Å². The van der Waals surface area contributed by atoms with Crippen LogP contribution in [0, 0.1) is 11.8 Å². The normalized spacial score (nSPS) is 33.9. The summed E-state index contributed by atoms with van der Waals surface area (Å²) in [5.74, 6) is 0.0327. The molecule has 3 fully saturated rings. The second-order valence-electron chi connectivity index (χ2n) is 7.44. The maximum Gasteiger partial charge on any atom is 0.507 e. The average Bonchev–Trinajstić information content (AvgIpc) is 2.85. The Labute approximate surface area is 143 Å². The third kappa shape index (κ3) is 3.68. The first-order valence-corrected chi connectivity index (χ1v) is 9.23. The first kappa shape index (κ1) is 17.5. The molecule has 2 saturated heterocycles. The van der Waals surface area contributed by atoms with E-state index in [1.807, 2.05) is 0 Å². The van der Waals surface area contributed by atoms with E-state index in [1.54, 1.807) is 0 Å². The lowest BCUT2D eigenvalue weighted by Crippen LogP contribution is -2.52. The Morgan fingerprint density at radius 3 is 2.54 bits per heavy atom. The van der Waals surface area contributed by atoms with Crippen molar-refractivity contribution in [3.8, 4) is 0 Å². The highest BCUT2D eigenvalue weighted by molar-refractivity contribution is 5.72. The molecule has 1 saturated carbocycles. The Hall–Kier alpha value is -1.30. The van der Waals surface area contributed by atoms with Crippen LogP contribution < -0.4 is 0 Å². The van der Waals surface area contributed by atoms with Gasteiger partial charge in [-0.05, 0) is 32.7 Å². The van der Waals surface area contributed by atoms with Gasteiger partial charge in [0.2, 0.25) is 0 Å². The summed E-state index contributed by atoms with van der Waals surface area (Å²) in [6.07, 6.45) is 7.54. The van der Waals surface area contributed by atoms with Crippen molar-refractivity contribution in [1.29, 1.82) is 0 Å². The Morgan fingerprint density at radius 1 is 1.08 bits per heavy atom. The molecule has 0 amide bonds. The minimum absolute atomic E-state index is 0.0281. The van der Waals surface area contributed by atoms with Crippen molar-refractivity contribution in [2.24, 2.45) is 11.8 Å². The lowest BCUT2D eigenvalue weighted by Gasteiger charge is -2.42. The molecule has 0 aromatic rings. The zero-order valence-electron chi connectivity index (χ0n) is 14.7. The molecule has 4 atom stereocenters. The highest BCUT2D eigenvalue weighted by atomic mass is 16.7. The van der Waals surface area contributed by atoms with Gasteiger partial charge in [0.15, 0.2) is 0 Å². The van der Waals surface area contributed by atoms with Crippen molar-refractivity contribution in [3.63, 3.8) is 0 Å². The number of fused-ring (bicyclic) bond motifs is 2. The number of piperidine rings is 1. The van der Waals surface area contributed by atoms with Gasteiger partial charge in [0.1, 0.15) is 12.7 Å². The molecular weight excluding hydrogens is 310 g/mol. The number of methoxy groups -OCH3 is 1. The molecule has 0 aromatic carbocycles. The fraction of sp³-hybridized carbons (Fsp3) is 0.889. The first-order chi connectivity index (χ1) is 11.6. The molecule has 2 unspecified atom stereocenters. The van der Waals surface area contributed by atoms with E-state index in [2.05, 4.69) is 16.7 Å². The van der Waals surface area contributed by atoms with E-state index in [-0.39, 0.29) is 30.5 Å². The molecule has 0 aromatic heterocycles. The number of ether oxygens (including phenoxy) is 3. The number of nitrogens with zero attached hydrogens (tertiary/aromatic N) is 1. The van der Waals surface area contributed by atoms with Crippen LogP contribution in [0.1, 0.15) is 51.4 Å². The molecule has 6 nitrogen and oxygen atoms in total. The molecule has 2 bridgehead atoms. The summed E-state index contributed by atoms with van der Waals surface area (Å²) in [7, 11) is 3.42. The van der Waals surface area contributed by atoms with Crippen molar-refractivity contribution >= 4 is 12.1 Å². The molecule has 136 valence electrons. The minimum Gasteiger partial charge on any atom is -0.462 e. The van der Waals surface area contributed by atoms with Crippen molar-refractivity contribution in [2.45, 2.75) is 69.6 Å². The van der Waals surface area contributed by atoms with Crippen molar-refractivity contribution in [2.75, 3.05) is 20.8 Å². The van der Waals surface area contributed by atoms with Crippen LogP contribution in [0.25, 0.3) is 0 Å². The second kappa shape index (κ2) is 7.72. The molecule has 0 radical (unpaired) electrons. The lowest BCUT2D eigenvalue weighted by molar-refractivity contribution is -0.164. The lowest BCUT2D eigenvalue weighted by atomic mass is 9.87. The quantitative estimate of drug-likeness (QED) is 0.734. The zero-order chi connectivity index (χ0) is 17.1. The van der Waals surface area contributed by atoms with Gasteiger partial charge in [0.05, 0.1) is 13.0 Å². The molecule has 1 aliphatic carbocycles. The third-order valence-corrected chi connectivity index (χ3v) is 6.14. The van der Waals surface area contributed by atoms with Gasteiger partial charge in [0.25, 0.3) is 0 Å². The topological polar surface area (TPSA) is 65.1 Å². The Bertz CT molecular complexity index is 462. The fourth-order valence-corrected chi connectivity index (χ4v) is 4.69. The van der Waals surface area contributed by atoms with Gasteiger partial charge in [-0.2, -0.15) is 0 Å². The summed E-state index contributed by atoms with van der Waals surface area (Å²) in [6.45, 7) is 0.247. The van der Waals surface area contributed by atoms with E-state index < -0.39 is 6.16 Å². The molecule has 0 spiro atoms. The largest absolute Gasteiger partial charge is 0.507 e. The Kier molecular flexibility index (Phi) is 5.64. The molecule has 3 aliphatic rings. The van der Waals surface area contributed by atoms with Crippen LogP contribution in [0.3, 0.4) is 0 Å². The van der Waals surface area contributed by atoms with Gasteiger partial charge >= 0.3 is 12.1 Å². The maximum atomic E-state index is 12.6. The Balaban J connectivity index is 1.64. The monoisotopic (exact) mass is 339 g/mol. The van der Waals surface area contributed by atoms with Crippen molar-refractivity contribution < 1.29 is 23.8 Å². The smallest absolute Gasteiger partial charge is 0.462 e. The molecule has 3 rings (SSSR count). The first-order valence-electron chi connectivity index (χ1n) is 9.23. The van der Waals surface area contributed by atoms with Crippen molar-refractivity contribution in [1.82, 2.24) is 4.90 Å². The van der Waals surface area contributed by atoms with Gasteiger partial charge in [0, 0.05) is 24.4 Å². The van der Waals surface area contributed by atoms with Gasteiger partial charge in [-0.15, -0.1) is 0 Å². The Morgan fingerprint density at radius 2 is 1.83 bits per heavy atom. The van der Waals surface area contributed by atoms with E-state index in [4.69, 9.17) is 9.47 Å². The van der Waals surface area contributed by atoms with Crippen LogP contribution in [-0.2, 0) is 19.0 Å². The van der Waals surface area contributed by atoms with E-state index in [1.165, 1.54) is 13.5 Å². The summed E-state index contributed by atoms with van der Waals surface area (Å²) in [5.41, 5.74) is 0. The number of rotatable bonds is 4. The van der Waals surface area contributed by atoms with Crippen LogP contribution in [0.2, 0.25) is 0 Å². The SMILES string of the molecule is COC(=O)OCC1C2CC[C@H](C[C@@H]1OC(=O)C1CCCCC1)N2C.